The maximum absolute atomic E-state index is 12.0. The first kappa shape index (κ1) is 18.1. The molecule has 0 atom stereocenters. The van der Waals surface area contributed by atoms with E-state index in [4.69, 9.17) is 27.9 Å². The summed E-state index contributed by atoms with van der Waals surface area (Å²) in [5.74, 6) is -1.08. The van der Waals surface area contributed by atoms with Crippen LogP contribution in [-0.2, 0) is 9.53 Å². The lowest BCUT2D eigenvalue weighted by Crippen LogP contribution is -2.21. The largest absolute Gasteiger partial charge is 0.452 e. The summed E-state index contributed by atoms with van der Waals surface area (Å²) in [4.78, 5) is 25.8. The molecule has 0 unspecified atom stereocenters. The van der Waals surface area contributed by atoms with Gasteiger partial charge in [0.25, 0.3) is 5.91 Å². The Morgan fingerprint density at radius 3 is 2.54 bits per heavy atom. The number of nitrogens with one attached hydrogen (secondary N) is 1. The highest BCUT2D eigenvalue weighted by molar-refractivity contribution is 6.44. The highest BCUT2D eigenvalue weighted by Crippen LogP contribution is 2.29. The van der Waals surface area contributed by atoms with Gasteiger partial charge in [0.1, 0.15) is 0 Å². The van der Waals surface area contributed by atoms with Crippen molar-refractivity contribution in [1.29, 1.82) is 0 Å². The molecule has 0 heterocycles. The zero-order valence-corrected chi connectivity index (χ0v) is 14.7. The fraction of sp³-hybridized carbons (Fsp3) is 0.176. The second-order valence-corrected chi connectivity index (χ2v) is 5.96. The van der Waals surface area contributed by atoms with Gasteiger partial charge in [-0.25, -0.2) is 4.79 Å². The summed E-state index contributed by atoms with van der Waals surface area (Å²) in [5.41, 5.74) is 1.59. The van der Waals surface area contributed by atoms with Gasteiger partial charge < -0.3 is 15.0 Å². The van der Waals surface area contributed by atoms with E-state index in [1.807, 2.05) is 25.1 Å². The number of anilines is 2. The average Bonchev–Trinajstić information content (AvgIpc) is 2.57. The minimum atomic E-state index is -0.578. The van der Waals surface area contributed by atoms with Gasteiger partial charge in [-0.05, 0) is 30.3 Å². The maximum atomic E-state index is 12.0. The molecule has 0 fully saturated rings. The lowest BCUT2D eigenvalue weighted by Gasteiger charge is -2.13. The second kappa shape index (κ2) is 8.04. The second-order valence-electron chi connectivity index (χ2n) is 5.17. The van der Waals surface area contributed by atoms with Crippen LogP contribution in [0.2, 0.25) is 10.0 Å². The Morgan fingerprint density at radius 1 is 1.12 bits per heavy atom. The number of carbonyl (C=O) groups excluding carboxylic acids is 2. The van der Waals surface area contributed by atoms with E-state index >= 15 is 0 Å². The van der Waals surface area contributed by atoms with Crippen molar-refractivity contribution < 1.29 is 14.3 Å². The molecule has 1 amide bonds. The van der Waals surface area contributed by atoms with Crippen molar-refractivity contribution in [2.45, 2.75) is 0 Å². The molecule has 0 radical (unpaired) electrons. The summed E-state index contributed by atoms with van der Waals surface area (Å²) >= 11 is 11.9. The predicted molar refractivity (Wildman–Crippen MR) is 96.1 cm³/mol. The van der Waals surface area contributed by atoms with E-state index in [1.54, 1.807) is 36.4 Å². The third kappa shape index (κ3) is 4.63. The number of ether oxygens (including phenoxy) is 1. The van der Waals surface area contributed by atoms with E-state index in [2.05, 4.69) is 5.32 Å². The van der Waals surface area contributed by atoms with E-state index < -0.39 is 18.5 Å². The smallest absolute Gasteiger partial charge is 0.338 e. The first-order valence-corrected chi connectivity index (χ1v) is 7.82. The third-order valence-corrected chi connectivity index (χ3v) is 3.98. The molecule has 126 valence electrons. The molecule has 5 nitrogen and oxygen atoms in total. The molecule has 0 aliphatic carbocycles. The van der Waals surface area contributed by atoms with Gasteiger partial charge in [0.05, 0.1) is 21.3 Å². The third-order valence-electron chi connectivity index (χ3n) is 3.16. The zero-order chi connectivity index (χ0) is 17.7. The highest BCUT2D eigenvalue weighted by Gasteiger charge is 2.13. The van der Waals surface area contributed by atoms with E-state index in [9.17, 15) is 9.59 Å². The molecule has 0 saturated carbocycles. The maximum Gasteiger partial charge on any atom is 0.338 e. The Morgan fingerprint density at radius 2 is 1.83 bits per heavy atom. The summed E-state index contributed by atoms with van der Waals surface area (Å²) in [5, 5.41) is 3.11. The molecule has 0 bridgehead atoms. The van der Waals surface area contributed by atoms with Crippen molar-refractivity contribution in [1.82, 2.24) is 0 Å². The van der Waals surface area contributed by atoms with Gasteiger partial charge in [-0.15, -0.1) is 0 Å². The lowest BCUT2D eigenvalue weighted by atomic mass is 10.2. The fourth-order valence-electron chi connectivity index (χ4n) is 1.91. The summed E-state index contributed by atoms with van der Waals surface area (Å²) in [6, 6.07) is 11.8. The van der Waals surface area contributed by atoms with Crippen molar-refractivity contribution >= 4 is 46.5 Å². The molecule has 2 rings (SSSR count). The Kier molecular flexibility index (Phi) is 6.06. The number of hydrogen-bond donors (Lipinski definition) is 1. The molecule has 0 saturated heterocycles. The molecule has 2 aromatic rings. The number of carbonyl (C=O) groups is 2. The van der Waals surface area contributed by atoms with Crippen molar-refractivity contribution in [3.05, 3.63) is 58.1 Å². The first-order chi connectivity index (χ1) is 11.4. The monoisotopic (exact) mass is 366 g/mol. The number of hydrogen-bond acceptors (Lipinski definition) is 4. The zero-order valence-electron chi connectivity index (χ0n) is 13.2. The molecule has 7 heteroatoms. The number of halogens is 2. The van der Waals surface area contributed by atoms with E-state index in [-0.39, 0.29) is 5.02 Å². The van der Waals surface area contributed by atoms with Crippen LogP contribution in [0.5, 0.6) is 0 Å². The Balaban J connectivity index is 1.95. The normalized spacial score (nSPS) is 10.2. The van der Waals surface area contributed by atoms with Crippen LogP contribution < -0.4 is 10.2 Å². The first-order valence-electron chi connectivity index (χ1n) is 7.07. The standard InChI is InChI=1S/C17H16Cl2N2O3/c1-21(2)12-6-3-5-11(9-12)17(23)24-10-15(22)20-14-8-4-7-13(18)16(14)19/h3-9H,10H2,1-2H3,(H,20,22). The SMILES string of the molecule is CN(C)c1cccc(C(=O)OCC(=O)Nc2cccc(Cl)c2Cl)c1. The minimum absolute atomic E-state index is 0.234. The Labute approximate surface area is 150 Å². The van der Waals surface area contributed by atoms with E-state index in [0.717, 1.165) is 5.69 Å². The molecule has 24 heavy (non-hydrogen) atoms. The molecule has 0 aliphatic rings. The minimum Gasteiger partial charge on any atom is -0.452 e. The summed E-state index contributed by atoms with van der Waals surface area (Å²) < 4.78 is 5.02. The van der Waals surface area contributed by atoms with Crippen molar-refractivity contribution in [2.75, 3.05) is 30.9 Å². The van der Waals surface area contributed by atoms with Gasteiger partial charge >= 0.3 is 5.97 Å². The summed E-state index contributed by atoms with van der Waals surface area (Å²) in [6.45, 7) is -0.423. The highest BCUT2D eigenvalue weighted by atomic mass is 35.5. The number of benzene rings is 2. The number of esters is 1. The van der Waals surface area contributed by atoms with Crippen molar-refractivity contribution in [3.63, 3.8) is 0 Å². The molecular weight excluding hydrogens is 351 g/mol. The van der Waals surface area contributed by atoms with Gasteiger partial charge in [0, 0.05) is 19.8 Å². The van der Waals surface area contributed by atoms with Crippen LogP contribution in [0.15, 0.2) is 42.5 Å². The predicted octanol–water partition coefficient (Wildman–Crippen LogP) is 3.85. The molecule has 2 aromatic carbocycles. The fourth-order valence-corrected chi connectivity index (χ4v) is 2.26. The van der Waals surface area contributed by atoms with Gasteiger partial charge in [-0.2, -0.15) is 0 Å². The van der Waals surface area contributed by atoms with Crippen LogP contribution in [0.4, 0.5) is 11.4 Å². The van der Waals surface area contributed by atoms with Crippen LogP contribution in [0.25, 0.3) is 0 Å². The van der Waals surface area contributed by atoms with Gasteiger partial charge in [-0.1, -0.05) is 35.3 Å². The van der Waals surface area contributed by atoms with Crippen LogP contribution in [0.3, 0.4) is 0 Å². The van der Waals surface area contributed by atoms with Crippen molar-refractivity contribution in [3.8, 4) is 0 Å². The molecule has 0 spiro atoms. The van der Waals surface area contributed by atoms with E-state index in [1.165, 1.54) is 0 Å². The summed E-state index contributed by atoms with van der Waals surface area (Å²) in [7, 11) is 3.74. The lowest BCUT2D eigenvalue weighted by molar-refractivity contribution is -0.119. The van der Waals surface area contributed by atoms with Crippen LogP contribution >= 0.6 is 23.2 Å². The van der Waals surface area contributed by atoms with Crippen LogP contribution in [0.1, 0.15) is 10.4 Å². The van der Waals surface area contributed by atoms with Crippen LogP contribution in [0, 0.1) is 0 Å². The van der Waals surface area contributed by atoms with E-state index in [0.29, 0.717) is 16.3 Å². The quantitative estimate of drug-likeness (QED) is 0.816. The number of nitrogens with zero attached hydrogens (tertiary/aromatic N) is 1. The molecular formula is C17H16Cl2N2O3. The van der Waals surface area contributed by atoms with Gasteiger partial charge in [-0.3, -0.25) is 4.79 Å². The number of rotatable bonds is 5. The topological polar surface area (TPSA) is 58.6 Å². The Hall–Kier alpha value is -2.24. The molecule has 0 aliphatic heterocycles. The van der Waals surface area contributed by atoms with Gasteiger partial charge in [0.2, 0.25) is 0 Å². The Bertz CT molecular complexity index is 763. The molecule has 0 aromatic heterocycles. The number of amides is 1. The van der Waals surface area contributed by atoms with Gasteiger partial charge in [0.15, 0.2) is 6.61 Å². The van der Waals surface area contributed by atoms with Crippen LogP contribution in [-0.4, -0.2) is 32.6 Å². The van der Waals surface area contributed by atoms with Crippen molar-refractivity contribution in [2.24, 2.45) is 0 Å². The average molecular weight is 367 g/mol. The summed E-state index contributed by atoms with van der Waals surface area (Å²) in [6.07, 6.45) is 0. The molecule has 1 N–H and O–H groups in total.